The number of benzene rings is 2. The van der Waals surface area contributed by atoms with Gasteiger partial charge in [0.05, 0.1) is 36.0 Å². The summed E-state index contributed by atoms with van der Waals surface area (Å²) in [6, 6.07) is 18.5. The number of nitrogens with one attached hydrogen (secondary N) is 2. The first-order valence-corrected chi connectivity index (χ1v) is 14.2. The number of thiophene rings is 1. The Morgan fingerprint density at radius 3 is 2.51 bits per heavy atom. The van der Waals surface area contributed by atoms with Crippen molar-refractivity contribution >= 4 is 50.6 Å². The standard InChI is InChI=1S/C30H30FN5O4S/c1-30(2,3)40-29(38)35-15-21(31)22(16-35)34-27(37)26-25-24-23(13-14-32-28(24)41-26)36(17-33-25)18-9-11-20(12-10-18)39-19-7-5-4-6-8-19/h4-14,21-22,33H,15-17H2,1-3H3,(H,34,37)/t21-,22-/m0/s1. The highest BCUT2D eigenvalue weighted by Gasteiger charge is 2.39. The molecule has 0 unspecified atom stereocenters. The highest BCUT2D eigenvalue weighted by molar-refractivity contribution is 7.21. The molecule has 4 aromatic rings. The van der Waals surface area contributed by atoms with Crippen LogP contribution in [0.4, 0.5) is 26.2 Å². The Labute approximate surface area is 240 Å². The third-order valence-corrected chi connectivity index (χ3v) is 7.92. The highest BCUT2D eigenvalue weighted by atomic mass is 32.1. The van der Waals surface area contributed by atoms with Crippen LogP contribution in [0.25, 0.3) is 10.2 Å². The van der Waals surface area contributed by atoms with Gasteiger partial charge >= 0.3 is 6.09 Å². The Hall–Kier alpha value is -4.38. The summed E-state index contributed by atoms with van der Waals surface area (Å²) in [6.07, 6.45) is -0.273. The number of amides is 2. The number of likely N-dealkylation sites (tertiary alicyclic amines) is 1. The second-order valence-corrected chi connectivity index (χ2v) is 12.0. The van der Waals surface area contributed by atoms with Crippen LogP contribution >= 0.6 is 11.3 Å². The molecule has 6 rings (SSSR count). The van der Waals surface area contributed by atoms with Crippen LogP contribution in [0.3, 0.4) is 0 Å². The van der Waals surface area contributed by atoms with Crippen molar-refractivity contribution in [2.24, 2.45) is 0 Å². The molecular formula is C30H30FN5O4S. The van der Waals surface area contributed by atoms with Crippen LogP contribution in [0.2, 0.25) is 0 Å². The van der Waals surface area contributed by atoms with Crippen LogP contribution in [0.5, 0.6) is 11.5 Å². The molecule has 1 fully saturated rings. The summed E-state index contributed by atoms with van der Waals surface area (Å²) < 4.78 is 26.1. The molecule has 41 heavy (non-hydrogen) atoms. The first-order valence-electron chi connectivity index (χ1n) is 13.3. The Morgan fingerprint density at radius 1 is 1.05 bits per heavy atom. The number of alkyl halides is 1. The summed E-state index contributed by atoms with van der Waals surface area (Å²) in [5.74, 6) is 1.08. The number of nitrogens with zero attached hydrogens (tertiary/aromatic N) is 3. The van der Waals surface area contributed by atoms with Gasteiger partial charge in [-0.05, 0) is 63.2 Å². The Balaban J connectivity index is 1.20. The maximum Gasteiger partial charge on any atom is 0.410 e. The SMILES string of the molecule is CC(C)(C)OC(=O)N1C[C@H](NC(=O)c2sc3nccc4c3c2NCN4c2ccc(Oc3ccccc3)cc2)[C@@H](F)C1. The number of carbonyl (C=O) groups excluding carboxylic acids is 2. The van der Waals surface area contributed by atoms with Gasteiger partial charge in [0.1, 0.15) is 33.0 Å². The summed E-state index contributed by atoms with van der Waals surface area (Å²) in [5.41, 5.74) is 1.84. The summed E-state index contributed by atoms with van der Waals surface area (Å²) in [4.78, 5) is 34.8. The van der Waals surface area contributed by atoms with E-state index in [9.17, 15) is 14.0 Å². The van der Waals surface area contributed by atoms with Crippen molar-refractivity contribution in [2.45, 2.75) is 38.6 Å². The number of ether oxygens (including phenoxy) is 2. The first-order chi connectivity index (χ1) is 19.7. The molecule has 0 radical (unpaired) electrons. The van der Waals surface area contributed by atoms with Gasteiger partial charge in [-0.25, -0.2) is 14.2 Å². The zero-order chi connectivity index (χ0) is 28.7. The van der Waals surface area contributed by atoms with Gasteiger partial charge in [-0.1, -0.05) is 18.2 Å². The quantitative estimate of drug-likeness (QED) is 0.288. The number of anilines is 3. The number of halogens is 1. The number of hydrogen-bond acceptors (Lipinski definition) is 8. The third-order valence-electron chi connectivity index (χ3n) is 6.82. The average molecular weight is 576 g/mol. The molecule has 0 aliphatic carbocycles. The number of pyridine rings is 1. The molecule has 2 amide bonds. The molecule has 2 N–H and O–H groups in total. The molecule has 0 saturated carbocycles. The lowest BCUT2D eigenvalue weighted by Crippen LogP contribution is -2.42. The van der Waals surface area contributed by atoms with E-state index in [2.05, 4.69) is 20.5 Å². The maximum atomic E-state index is 14.9. The van der Waals surface area contributed by atoms with Gasteiger partial charge < -0.3 is 29.9 Å². The van der Waals surface area contributed by atoms with E-state index in [1.165, 1.54) is 16.2 Å². The molecule has 0 spiro atoms. The molecule has 2 aromatic heterocycles. The van der Waals surface area contributed by atoms with Gasteiger partial charge in [-0.2, -0.15) is 0 Å². The number of aromatic nitrogens is 1. The summed E-state index contributed by atoms with van der Waals surface area (Å²) in [5, 5.41) is 7.00. The Kier molecular flexibility index (Phi) is 6.90. The molecule has 2 aromatic carbocycles. The predicted molar refractivity (Wildman–Crippen MR) is 157 cm³/mol. The van der Waals surface area contributed by atoms with E-state index in [0.29, 0.717) is 22.1 Å². The normalized spacial score (nSPS) is 18.2. The first kappa shape index (κ1) is 26.8. The molecule has 4 heterocycles. The van der Waals surface area contributed by atoms with Crippen molar-refractivity contribution in [3.05, 3.63) is 71.7 Å². The fourth-order valence-corrected chi connectivity index (χ4v) is 6.01. The minimum Gasteiger partial charge on any atom is -0.457 e. The largest absolute Gasteiger partial charge is 0.457 e. The molecular weight excluding hydrogens is 545 g/mol. The smallest absolute Gasteiger partial charge is 0.410 e. The molecule has 0 bridgehead atoms. The summed E-state index contributed by atoms with van der Waals surface area (Å²) in [6.45, 7) is 5.60. The van der Waals surface area contributed by atoms with Crippen molar-refractivity contribution in [1.29, 1.82) is 0 Å². The zero-order valence-electron chi connectivity index (χ0n) is 22.9. The van der Waals surface area contributed by atoms with Gasteiger partial charge in [-0.15, -0.1) is 11.3 Å². The van der Waals surface area contributed by atoms with E-state index in [4.69, 9.17) is 9.47 Å². The second-order valence-electron chi connectivity index (χ2n) is 11.0. The molecule has 2 aliphatic rings. The minimum absolute atomic E-state index is 0.0384. The number of hydrogen-bond donors (Lipinski definition) is 2. The lowest BCUT2D eigenvalue weighted by Gasteiger charge is -2.30. The molecule has 1 saturated heterocycles. The maximum absolute atomic E-state index is 14.9. The molecule has 11 heteroatoms. The highest BCUT2D eigenvalue weighted by Crippen LogP contribution is 2.45. The van der Waals surface area contributed by atoms with E-state index in [1.54, 1.807) is 27.0 Å². The molecule has 212 valence electrons. The van der Waals surface area contributed by atoms with Gasteiger partial charge in [-0.3, -0.25) is 4.79 Å². The second kappa shape index (κ2) is 10.5. The van der Waals surface area contributed by atoms with Gasteiger partial charge in [0.25, 0.3) is 5.91 Å². The van der Waals surface area contributed by atoms with Crippen LogP contribution in [-0.4, -0.2) is 59.5 Å². The van der Waals surface area contributed by atoms with Crippen molar-refractivity contribution in [3.63, 3.8) is 0 Å². The van der Waals surface area contributed by atoms with Crippen LogP contribution in [0, 0.1) is 0 Å². The lowest BCUT2D eigenvalue weighted by molar-refractivity contribution is 0.0281. The lowest BCUT2D eigenvalue weighted by atomic mass is 10.1. The number of para-hydroxylation sites is 1. The van der Waals surface area contributed by atoms with Gasteiger partial charge in [0.15, 0.2) is 0 Å². The molecule has 9 nitrogen and oxygen atoms in total. The van der Waals surface area contributed by atoms with E-state index >= 15 is 0 Å². The van der Waals surface area contributed by atoms with Crippen LogP contribution in [0.15, 0.2) is 66.9 Å². The van der Waals surface area contributed by atoms with Crippen molar-refractivity contribution < 1.29 is 23.5 Å². The summed E-state index contributed by atoms with van der Waals surface area (Å²) >= 11 is 1.25. The summed E-state index contributed by atoms with van der Waals surface area (Å²) in [7, 11) is 0. The molecule has 2 aliphatic heterocycles. The Bertz CT molecular complexity index is 1590. The fraction of sp³-hybridized carbons (Fsp3) is 0.300. The van der Waals surface area contributed by atoms with Crippen LogP contribution in [0.1, 0.15) is 30.4 Å². The van der Waals surface area contributed by atoms with E-state index < -0.39 is 29.8 Å². The number of carbonyl (C=O) groups is 2. The van der Waals surface area contributed by atoms with E-state index in [0.717, 1.165) is 28.3 Å². The van der Waals surface area contributed by atoms with E-state index in [1.807, 2.05) is 60.7 Å². The predicted octanol–water partition coefficient (Wildman–Crippen LogP) is 6.30. The van der Waals surface area contributed by atoms with E-state index in [-0.39, 0.29) is 13.1 Å². The van der Waals surface area contributed by atoms with Gasteiger partial charge in [0, 0.05) is 18.4 Å². The minimum atomic E-state index is -1.40. The van der Waals surface area contributed by atoms with Crippen molar-refractivity contribution in [1.82, 2.24) is 15.2 Å². The zero-order valence-corrected chi connectivity index (χ0v) is 23.7. The molecule has 2 atom stereocenters. The van der Waals surface area contributed by atoms with Crippen molar-refractivity contribution in [3.8, 4) is 11.5 Å². The van der Waals surface area contributed by atoms with Crippen molar-refractivity contribution in [2.75, 3.05) is 30.0 Å². The Morgan fingerprint density at radius 2 is 1.78 bits per heavy atom. The van der Waals surface area contributed by atoms with Crippen LogP contribution < -0.4 is 20.3 Å². The average Bonchev–Trinajstić information content (AvgIpc) is 3.51. The monoisotopic (exact) mass is 575 g/mol. The number of rotatable bonds is 5. The topological polar surface area (TPSA) is 96.0 Å². The fourth-order valence-electron chi connectivity index (χ4n) is 4.96. The van der Waals surface area contributed by atoms with Gasteiger partial charge in [0.2, 0.25) is 0 Å². The van der Waals surface area contributed by atoms with Crippen LogP contribution in [-0.2, 0) is 4.74 Å². The third kappa shape index (κ3) is 5.49.